The van der Waals surface area contributed by atoms with Gasteiger partial charge >= 0.3 is 0 Å². The highest BCUT2D eigenvalue weighted by Crippen LogP contribution is 2.22. The number of aromatic nitrogens is 1. The van der Waals surface area contributed by atoms with Crippen LogP contribution in [-0.4, -0.2) is 47.4 Å². The van der Waals surface area contributed by atoms with Gasteiger partial charge in [0.2, 0.25) is 0 Å². The normalized spacial score (nSPS) is 14.1. The van der Waals surface area contributed by atoms with Crippen LogP contribution in [-0.2, 0) is 6.42 Å². The fraction of sp³-hybridized carbons (Fsp3) is 0.346. The summed E-state index contributed by atoms with van der Waals surface area (Å²) in [5.41, 5.74) is 2.29. The summed E-state index contributed by atoms with van der Waals surface area (Å²) in [6, 6.07) is 13.5. The number of likely N-dealkylation sites (tertiary alicyclic amines) is 1. The summed E-state index contributed by atoms with van der Waals surface area (Å²) in [5, 5.41) is 3.93. The Hall–Kier alpha value is -3.26. The minimum atomic E-state index is -0.272. The highest BCUT2D eigenvalue weighted by Gasteiger charge is 2.26. The van der Waals surface area contributed by atoms with Crippen molar-refractivity contribution in [2.24, 2.45) is 0 Å². The molecule has 0 radical (unpaired) electrons. The lowest BCUT2D eigenvalue weighted by Gasteiger charge is -2.32. The van der Waals surface area contributed by atoms with Crippen molar-refractivity contribution >= 4 is 23.2 Å². The number of ether oxygens (including phenoxy) is 1. The topological polar surface area (TPSA) is 71.5 Å². The molecule has 0 unspecified atom stereocenters. The zero-order valence-electron chi connectivity index (χ0n) is 19.3. The molecule has 2 amide bonds. The SMILES string of the molecule is CCOc1ccc(C(=O)N2CCC(NC(=O)c3sc(Cc4ccc(F)cc4)nc3C)CC2)cc1. The number of hydrogen-bond acceptors (Lipinski definition) is 5. The molecule has 6 nitrogen and oxygen atoms in total. The van der Waals surface area contributed by atoms with Crippen molar-refractivity contribution in [2.75, 3.05) is 19.7 Å². The molecule has 1 saturated heterocycles. The first kappa shape index (κ1) is 23.9. The largest absolute Gasteiger partial charge is 0.494 e. The molecule has 0 atom stereocenters. The number of nitrogens with one attached hydrogen (secondary N) is 1. The van der Waals surface area contributed by atoms with Gasteiger partial charge in [-0.1, -0.05) is 12.1 Å². The molecule has 0 bridgehead atoms. The number of thiazole rings is 1. The molecule has 1 fully saturated rings. The van der Waals surface area contributed by atoms with Gasteiger partial charge in [-0.15, -0.1) is 11.3 Å². The van der Waals surface area contributed by atoms with Crippen LogP contribution >= 0.6 is 11.3 Å². The lowest BCUT2D eigenvalue weighted by atomic mass is 10.0. The molecule has 1 aliphatic rings. The maximum Gasteiger partial charge on any atom is 0.263 e. The summed E-state index contributed by atoms with van der Waals surface area (Å²) in [5.74, 6) is 0.347. The van der Waals surface area contributed by atoms with E-state index in [-0.39, 0.29) is 23.7 Å². The lowest BCUT2D eigenvalue weighted by molar-refractivity contribution is 0.0698. The van der Waals surface area contributed by atoms with E-state index >= 15 is 0 Å². The van der Waals surface area contributed by atoms with Crippen LogP contribution in [0.4, 0.5) is 4.39 Å². The zero-order valence-corrected chi connectivity index (χ0v) is 20.2. The Morgan fingerprint density at radius 1 is 1.12 bits per heavy atom. The third kappa shape index (κ3) is 5.80. The molecule has 3 aromatic rings. The van der Waals surface area contributed by atoms with E-state index in [1.165, 1.54) is 23.5 Å². The van der Waals surface area contributed by atoms with E-state index in [0.29, 0.717) is 55.1 Å². The Morgan fingerprint density at radius 3 is 2.44 bits per heavy atom. The van der Waals surface area contributed by atoms with E-state index in [1.54, 1.807) is 24.3 Å². The van der Waals surface area contributed by atoms with E-state index in [2.05, 4.69) is 10.3 Å². The average Bonchev–Trinajstić information content (AvgIpc) is 3.21. The van der Waals surface area contributed by atoms with Crippen molar-refractivity contribution in [3.8, 4) is 5.75 Å². The zero-order chi connectivity index (χ0) is 24.1. The summed E-state index contributed by atoms with van der Waals surface area (Å²) < 4.78 is 18.6. The van der Waals surface area contributed by atoms with Gasteiger partial charge in [0, 0.05) is 31.1 Å². The first-order valence-corrected chi connectivity index (χ1v) is 12.3. The third-order valence-corrected chi connectivity index (χ3v) is 7.00. The van der Waals surface area contributed by atoms with Crippen molar-refractivity contribution < 1.29 is 18.7 Å². The minimum Gasteiger partial charge on any atom is -0.494 e. The van der Waals surface area contributed by atoms with Gasteiger partial charge in [0.05, 0.1) is 17.3 Å². The summed E-state index contributed by atoms with van der Waals surface area (Å²) >= 11 is 1.37. The fourth-order valence-corrected chi connectivity index (χ4v) is 5.04. The number of nitrogens with zero attached hydrogens (tertiary/aromatic N) is 2. The number of hydrogen-bond donors (Lipinski definition) is 1. The molecular formula is C26H28FN3O3S. The second-order valence-corrected chi connectivity index (χ2v) is 9.41. The summed E-state index contributed by atoms with van der Waals surface area (Å²) in [6.07, 6.45) is 1.97. The van der Waals surface area contributed by atoms with Crippen LogP contribution in [0, 0.1) is 12.7 Å². The average molecular weight is 482 g/mol. The quantitative estimate of drug-likeness (QED) is 0.535. The van der Waals surface area contributed by atoms with E-state index < -0.39 is 0 Å². The van der Waals surface area contributed by atoms with Gasteiger partial charge < -0.3 is 15.0 Å². The summed E-state index contributed by atoms with van der Waals surface area (Å²) in [4.78, 5) is 32.7. The molecule has 1 aromatic heterocycles. The van der Waals surface area contributed by atoms with Gasteiger partial charge in [0.25, 0.3) is 11.8 Å². The molecule has 2 heterocycles. The second kappa shape index (κ2) is 10.8. The second-order valence-electron chi connectivity index (χ2n) is 8.32. The van der Waals surface area contributed by atoms with Gasteiger partial charge in [-0.25, -0.2) is 9.37 Å². The highest BCUT2D eigenvalue weighted by atomic mass is 32.1. The van der Waals surface area contributed by atoms with Crippen LogP contribution in [0.3, 0.4) is 0 Å². The maximum atomic E-state index is 13.1. The van der Waals surface area contributed by atoms with Crippen molar-refractivity contribution in [1.29, 1.82) is 0 Å². The van der Waals surface area contributed by atoms with Crippen LogP contribution in [0.2, 0.25) is 0 Å². The smallest absolute Gasteiger partial charge is 0.263 e. The molecule has 0 saturated carbocycles. The summed E-state index contributed by atoms with van der Waals surface area (Å²) in [7, 11) is 0. The predicted octanol–water partition coefficient (Wildman–Crippen LogP) is 4.61. The molecule has 1 aliphatic heterocycles. The van der Waals surface area contributed by atoms with E-state index in [4.69, 9.17) is 4.74 Å². The number of piperidine rings is 1. The molecule has 0 spiro atoms. The Balaban J connectivity index is 1.30. The van der Waals surface area contributed by atoms with Gasteiger partial charge in [-0.3, -0.25) is 9.59 Å². The minimum absolute atomic E-state index is 0.00318. The van der Waals surface area contributed by atoms with Crippen LogP contribution in [0.5, 0.6) is 5.75 Å². The first-order valence-electron chi connectivity index (χ1n) is 11.5. The summed E-state index contributed by atoms with van der Waals surface area (Å²) in [6.45, 7) is 5.52. The van der Waals surface area contributed by atoms with E-state index in [9.17, 15) is 14.0 Å². The number of amides is 2. The number of halogens is 1. The molecule has 4 rings (SSSR count). The van der Waals surface area contributed by atoms with Crippen LogP contribution in [0.25, 0.3) is 0 Å². The number of benzene rings is 2. The highest BCUT2D eigenvalue weighted by molar-refractivity contribution is 7.13. The molecule has 2 aromatic carbocycles. The molecule has 178 valence electrons. The monoisotopic (exact) mass is 481 g/mol. The van der Waals surface area contributed by atoms with Crippen molar-refractivity contribution in [2.45, 2.75) is 39.2 Å². The van der Waals surface area contributed by atoms with Crippen molar-refractivity contribution in [3.05, 3.63) is 81.1 Å². The molecule has 0 aliphatic carbocycles. The number of carbonyl (C=O) groups excluding carboxylic acids is 2. The van der Waals surface area contributed by atoms with E-state index in [1.807, 2.05) is 30.9 Å². The fourth-order valence-electron chi connectivity index (χ4n) is 4.04. The Kier molecular flexibility index (Phi) is 7.57. The van der Waals surface area contributed by atoms with Gasteiger partial charge in [-0.2, -0.15) is 0 Å². The number of carbonyl (C=O) groups is 2. The van der Waals surface area contributed by atoms with Crippen LogP contribution in [0.1, 0.15) is 56.1 Å². The van der Waals surface area contributed by atoms with Crippen LogP contribution in [0.15, 0.2) is 48.5 Å². The molecule has 34 heavy (non-hydrogen) atoms. The van der Waals surface area contributed by atoms with Crippen LogP contribution < -0.4 is 10.1 Å². The van der Waals surface area contributed by atoms with Gasteiger partial charge in [0.15, 0.2) is 0 Å². The molecule has 8 heteroatoms. The van der Waals surface area contributed by atoms with Gasteiger partial charge in [0.1, 0.15) is 16.4 Å². The Bertz CT molecular complexity index is 1140. The maximum absolute atomic E-state index is 13.1. The van der Waals surface area contributed by atoms with Crippen molar-refractivity contribution in [3.63, 3.8) is 0 Å². The third-order valence-electron chi connectivity index (χ3n) is 5.85. The Labute approximate surface area is 202 Å². The predicted molar refractivity (Wildman–Crippen MR) is 130 cm³/mol. The Morgan fingerprint density at radius 2 is 1.79 bits per heavy atom. The number of rotatable bonds is 7. The number of aryl methyl sites for hydroxylation is 1. The van der Waals surface area contributed by atoms with Gasteiger partial charge in [-0.05, 0) is 68.7 Å². The van der Waals surface area contributed by atoms with E-state index in [0.717, 1.165) is 16.3 Å². The molecule has 1 N–H and O–H groups in total. The van der Waals surface area contributed by atoms with Crippen molar-refractivity contribution in [1.82, 2.24) is 15.2 Å². The first-order chi connectivity index (χ1) is 16.4. The standard InChI is InChI=1S/C26H28FN3O3S/c1-3-33-22-10-6-19(7-11-22)26(32)30-14-12-21(13-15-30)29-25(31)24-17(2)28-23(34-24)16-18-4-8-20(27)9-5-18/h4-11,21H,3,12-16H2,1-2H3,(H,29,31). The molecular weight excluding hydrogens is 453 g/mol. The lowest BCUT2D eigenvalue weighted by Crippen LogP contribution is -2.46.